The number of benzene rings is 1. The fourth-order valence-electron chi connectivity index (χ4n) is 1.36. The first-order valence-corrected chi connectivity index (χ1v) is 5.52. The van der Waals surface area contributed by atoms with E-state index in [4.69, 9.17) is 5.73 Å². The topological polar surface area (TPSA) is 55.1 Å². The van der Waals surface area contributed by atoms with Gasteiger partial charge in [0.05, 0.1) is 0 Å². The molecule has 0 saturated heterocycles. The first-order valence-electron chi connectivity index (χ1n) is 5.52. The third kappa shape index (κ3) is 4.48. The molecule has 1 rings (SSSR count). The van der Waals surface area contributed by atoms with Crippen molar-refractivity contribution < 1.29 is 13.6 Å². The Morgan fingerprint density at radius 2 is 1.94 bits per heavy atom. The minimum atomic E-state index is -0.764. The predicted molar refractivity (Wildman–Crippen MR) is 61.6 cm³/mol. The van der Waals surface area contributed by atoms with E-state index in [1.54, 1.807) is 0 Å². The second kappa shape index (κ2) is 6.30. The molecular weight excluding hydrogens is 226 g/mol. The Bertz CT molecular complexity index is 376. The van der Waals surface area contributed by atoms with Gasteiger partial charge in [0.15, 0.2) is 0 Å². The summed E-state index contributed by atoms with van der Waals surface area (Å²) in [7, 11) is 0. The lowest BCUT2D eigenvalue weighted by Crippen LogP contribution is -2.30. The molecular formula is C12H16F2N2O. The van der Waals surface area contributed by atoms with Crippen molar-refractivity contribution in [1.82, 2.24) is 5.32 Å². The van der Waals surface area contributed by atoms with Crippen LogP contribution in [0.4, 0.5) is 8.78 Å². The summed E-state index contributed by atoms with van der Waals surface area (Å²) >= 11 is 0. The molecule has 1 aromatic rings. The lowest BCUT2D eigenvalue weighted by Gasteiger charge is -2.09. The van der Waals surface area contributed by atoms with Gasteiger partial charge in [0.25, 0.3) is 5.91 Å². The standard InChI is InChI=1S/C12H16F2N2O/c1-2-11(15)3-4-16-12(17)8-5-9(13)7-10(14)6-8/h5-7,11H,2-4,15H2,1H3,(H,16,17). The van der Waals surface area contributed by atoms with Gasteiger partial charge in [-0.1, -0.05) is 6.92 Å². The molecule has 0 saturated carbocycles. The smallest absolute Gasteiger partial charge is 0.251 e. The zero-order valence-corrected chi connectivity index (χ0v) is 9.67. The van der Waals surface area contributed by atoms with Crippen LogP contribution < -0.4 is 11.1 Å². The van der Waals surface area contributed by atoms with Gasteiger partial charge in [0.1, 0.15) is 11.6 Å². The number of rotatable bonds is 5. The molecule has 3 nitrogen and oxygen atoms in total. The molecule has 1 aromatic carbocycles. The number of nitrogens with two attached hydrogens (primary N) is 1. The van der Waals surface area contributed by atoms with E-state index in [0.717, 1.165) is 24.6 Å². The number of nitrogens with one attached hydrogen (secondary N) is 1. The Morgan fingerprint density at radius 1 is 1.35 bits per heavy atom. The first-order chi connectivity index (χ1) is 8.02. The van der Waals surface area contributed by atoms with Gasteiger partial charge in [-0.3, -0.25) is 4.79 Å². The van der Waals surface area contributed by atoms with Crippen molar-refractivity contribution in [3.8, 4) is 0 Å². The van der Waals surface area contributed by atoms with Crippen LogP contribution in [0, 0.1) is 11.6 Å². The van der Waals surface area contributed by atoms with Crippen molar-refractivity contribution >= 4 is 5.91 Å². The van der Waals surface area contributed by atoms with Crippen molar-refractivity contribution in [3.63, 3.8) is 0 Å². The number of hydrogen-bond acceptors (Lipinski definition) is 2. The summed E-state index contributed by atoms with van der Waals surface area (Å²) in [6.07, 6.45) is 1.46. The van der Waals surface area contributed by atoms with E-state index in [-0.39, 0.29) is 11.6 Å². The molecule has 1 unspecified atom stereocenters. The van der Waals surface area contributed by atoms with E-state index in [1.807, 2.05) is 6.92 Å². The Balaban J connectivity index is 2.52. The molecule has 1 atom stereocenters. The fourth-order valence-corrected chi connectivity index (χ4v) is 1.36. The van der Waals surface area contributed by atoms with Gasteiger partial charge in [-0.2, -0.15) is 0 Å². The van der Waals surface area contributed by atoms with Crippen LogP contribution in [0.2, 0.25) is 0 Å². The van der Waals surface area contributed by atoms with Crippen molar-refractivity contribution in [1.29, 1.82) is 0 Å². The SMILES string of the molecule is CCC(N)CCNC(=O)c1cc(F)cc(F)c1. The maximum absolute atomic E-state index is 12.9. The molecule has 17 heavy (non-hydrogen) atoms. The third-order valence-electron chi connectivity index (χ3n) is 2.45. The average molecular weight is 242 g/mol. The molecule has 0 aliphatic heterocycles. The van der Waals surface area contributed by atoms with Crippen LogP contribution in [0.5, 0.6) is 0 Å². The second-order valence-corrected chi connectivity index (χ2v) is 3.87. The highest BCUT2D eigenvalue weighted by molar-refractivity contribution is 5.94. The van der Waals surface area contributed by atoms with Gasteiger partial charge >= 0.3 is 0 Å². The Labute approximate surface area is 99.0 Å². The summed E-state index contributed by atoms with van der Waals surface area (Å²) in [6.45, 7) is 2.35. The number of halogens is 2. The van der Waals surface area contributed by atoms with Gasteiger partial charge < -0.3 is 11.1 Å². The summed E-state index contributed by atoms with van der Waals surface area (Å²) in [6, 6.07) is 2.75. The Morgan fingerprint density at radius 3 is 2.47 bits per heavy atom. The van der Waals surface area contributed by atoms with E-state index in [9.17, 15) is 13.6 Å². The number of amides is 1. The van der Waals surface area contributed by atoms with Crippen molar-refractivity contribution in [2.75, 3.05) is 6.54 Å². The third-order valence-corrected chi connectivity index (χ3v) is 2.45. The van der Waals surface area contributed by atoms with Crippen LogP contribution in [0.3, 0.4) is 0 Å². The summed E-state index contributed by atoms with van der Waals surface area (Å²) in [4.78, 5) is 11.5. The summed E-state index contributed by atoms with van der Waals surface area (Å²) in [5.41, 5.74) is 5.65. The zero-order valence-electron chi connectivity index (χ0n) is 9.67. The largest absolute Gasteiger partial charge is 0.352 e. The van der Waals surface area contributed by atoms with Gasteiger partial charge in [0.2, 0.25) is 0 Å². The van der Waals surface area contributed by atoms with E-state index in [2.05, 4.69) is 5.32 Å². The lowest BCUT2D eigenvalue weighted by atomic mass is 10.1. The summed E-state index contributed by atoms with van der Waals surface area (Å²) < 4.78 is 25.7. The van der Waals surface area contributed by atoms with Crippen LogP contribution in [0.1, 0.15) is 30.1 Å². The molecule has 0 radical (unpaired) electrons. The van der Waals surface area contributed by atoms with E-state index >= 15 is 0 Å². The molecule has 94 valence electrons. The minimum Gasteiger partial charge on any atom is -0.352 e. The molecule has 0 spiro atoms. The van der Waals surface area contributed by atoms with Gasteiger partial charge in [-0.15, -0.1) is 0 Å². The molecule has 0 aliphatic carbocycles. The molecule has 3 N–H and O–H groups in total. The zero-order chi connectivity index (χ0) is 12.8. The van der Waals surface area contributed by atoms with Crippen molar-refractivity contribution in [2.45, 2.75) is 25.8 Å². The van der Waals surface area contributed by atoms with Crippen LogP contribution in [-0.4, -0.2) is 18.5 Å². The monoisotopic (exact) mass is 242 g/mol. The van der Waals surface area contributed by atoms with Gasteiger partial charge in [0, 0.05) is 24.2 Å². The highest BCUT2D eigenvalue weighted by atomic mass is 19.1. The Kier molecular flexibility index (Phi) is 5.03. The van der Waals surface area contributed by atoms with E-state index in [1.165, 1.54) is 0 Å². The number of carbonyl (C=O) groups is 1. The van der Waals surface area contributed by atoms with Crippen molar-refractivity contribution in [2.24, 2.45) is 5.73 Å². The first kappa shape index (κ1) is 13.6. The maximum atomic E-state index is 12.9. The maximum Gasteiger partial charge on any atom is 0.251 e. The van der Waals surface area contributed by atoms with Crippen LogP contribution in [-0.2, 0) is 0 Å². The highest BCUT2D eigenvalue weighted by Gasteiger charge is 2.09. The Hall–Kier alpha value is -1.49. The average Bonchev–Trinajstić information content (AvgIpc) is 2.27. The second-order valence-electron chi connectivity index (χ2n) is 3.87. The fraction of sp³-hybridized carbons (Fsp3) is 0.417. The normalized spacial score (nSPS) is 12.2. The molecule has 0 aromatic heterocycles. The molecule has 0 bridgehead atoms. The van der Waals surface area contributed by atoms with E-state index in [0.29, 0.717) is 13.0 Å². The number of carbonyl (C=O) groups excluding carboxylic acids is 1. The minimum absolute atomic E-state index is 0.0208. The lowest BCUT2D eigenvalue weighted by molar-refractivity contribution is 0.0951. The predicted octanol–water partition coefficient (Wildman–Crippen LogP) is 1.82. The molecule has 5 heteroatoms. The van der Waals surface area contributed by atoms with E-state index < -0.39 is 17.5 Å². The summed E-state index contributed by atoms with van der Waals surface area (Å²) in [5.74, 6) is -2.02. The van der Waals surface area contributed by atoms with Crippen LogP contribution in [0.25, 0.3) is 0 Å². The number of hydrogen-bond donors (Lipinski definition) is 2. The summed E-state index contributed by atoms with van der Waals surface area (Å²) in [5, 5.41) is 2.57. The van der Waals surface area contributed by atoms with Crippen molar-refractivity contribution in [3.05, 3.63) is 35.4 Å². The molecule has 0 heterocycles. The van der Waals surface area contributed by atoms with Crippen LogP contribution in [0.15, 0.2) is 18.2 Å². The highest BCUT2D eigenvalue weighted by Crippen LogP contribution is 2.07. The van der Waals surface area contributed by atoms with Gasteiger partial charge in [-0.25, -0.2) is 8.78 Å². The molecule has 0 aliphatic rings. The van der Waals surface area contributed by atoms with Gasteiger partial charge in [-0.05, 0) is 25.0 Å². The quantitative estimate of drug-likeness (QED) is 0.827. The molecule has 1 amide bonds. The molecule has 0 fully saturated rings. The van der Waals surface area contributed by atoms with Crippen LogP contribution >= 0.6 is 0 Å².